The van der Waals surface area contributed by atoms with E-state index in [-0.39, 0.29) is 0 Å². The highest BCUT2D eigenvalue weighted by Gasteiger charge is 2.06. The van der Waals surface area contributed by atoms with Gasteiger partial charge in [0.2, 0.25) is 0 Å². The quantitative estimate of drug-likeness (QED) is 0.839. The van der Waals surface area contributed by atoms with Gasteiger partial charge in [0.1, 0.15) is 0 Å². The molecule has 0 aliphatic carbocycles. The third-order valence-electron chi connectivity index (χ3n) is 2.64. The van der Waals surface area contributed by atoms with E-state index in [1.54, 1.807) is 13.3 Å². The van der Waals surface area contributed by atoms with E-state index in [2.05, 4.69) is 28.6 Å². The fraction of sp³-hybridized carbons (Fsp3) is 0.385. The van der Waals surface area contributed by atoms with E-state index in [1.807, 2.05) is 22.9 Å². The number of benzene rings is 1. The monoisotopic (exact) mass is 246 g/mol. The molecule has 0 radical (unpaired) electrons. The highest BCUT2D eigenvalue weighted by Crippen LogP contribution is 2.12. The topological polar surface area (TPSA) is 52.0 Å². The maximum Gasteiger partial charge on any atom is 0.0783 e. The lowest BCUT2D eigenvalue weighted by molar-refractivity contribution is 0.185. The Bertz CT molecular complexity index is 495. The van der Waals surface area contributed by atoms with Crippen LogP contribution in [0.3, 0.4) is 0 Å². The van der Waals surface area contributed by atoms with Crippen molar-refractivity contribution in [1.82, 2.24) is 20.3 Å². The van der Waals surface area contributed by atoms with Crippen molar-refractivity contribution in [2.24, 2.45) is 0 Å². The summed E-state index contributed by atoms with van der Waals surface area (Å²) in [6.07, 6.45) is 1.78. The van der Waals surface area contributed by atoms with Gasteiger partial charge in [0, 0.05) is 13.7 Å². The Morgan fingerprint density at radius 1 is 1.39 bits per heavy atom. The molecule has 0 fully saturated rings. The van der Waals surface area contributed by atoms with E-state index in [1.165, 1.54) is 0 Å². The van der Waals surface area contributed by atoms with Crippen molar-refractivity contribution in [2.45, 2.75) is 20.1 Å². The van der Waals surface area contributed by atoms with Gasteiger partial charge in [-0.15, -0.1) is 5.10 Å². The largest absolute Gasteiger partial charge is 0.380 e. The minimum atomic E-state index is 0.602. The molecule has 5 nitrogen and oxygen atoms in total. The summed E-state index contributed by atoms with van der Waals surface area (Å²) in [4.78, 5) is 0. The average molecular weight is 246 g/mol. The summed E-state index contributed by atoms with van der Waals surface area (Å²) in [7, 11) is 1.69. The second-order valence-electron chi connectivity index (χ2n) is 4.02. The number of nitrogens with one attached hydrogen (secondary N) is 1. The third kappa shape index (κ3) is 2.94. The van der Waals surface area contributed by atoms with Crippen molar-refractivity contribution in [1.29, 1.82) is 0 Å². The fourth-order valence-corrected chi connectivity index (χ4v) is 1.79. The molecule has 0 aliphatic heterocycles. The molecule has 0 atom stereocenters. The van der Waals surface area contributed by atoms with Gasteiger partial charge in [-0.1, -0.05) is 24.3 Å². The van der Waals surface area contributed by atoms with E-state index < -0.39 is 0 Å². The molecule has 18 heavy (non-hydrogen) atoms. The molecular formula is C13H18N4O. The molecule has 1 aromatic carbocycles. The van der Waals surface area contributed by atoms with Gasteiger partial charge < -0.3 is 10.1 Å². The first-order chi connectivity index (χ1) is 8.85. The van der Waals surface area contributed by atoms with Crippen molar-refractivity contribution in [3.63, 3.8) is 0 Å². The molecule has 1 N–H and O–H groups in total. The molecule has 0 aliphatic rings. The lowest BCUT2D eigenvalue weighted by atomic mass is 10.2. The Labute approximate surface area is 107 Å². The summed E-state index contributed by atoms with van der Waals surface area (Å²) in [5, 5.41) is 11.4. The molecule has 96 valence electrons. The number of ether oxygens (including phenoxy) is 1. The van der Waals surface area contributed by atoms with Gasteiger partial charge in [0.25, 0.3) is 0 Å². The smallest absolute Gasteiger partial charge is 0.0783 e. The molecule has 0 unspecified atom stereocenters. The number of hydrogen-bond donors (Lipinski definition) is 1. The van der Waals surface area contributed by atoms with Crippen molar-refractivity contribution < 1.29 is 4.74 Å². The summed E-state index contributed by atoms with van der Waals surface area (Å²) in [5.74, 6) is 0. The predicted octanol–water partition coefficient (Wildman–Crippen LogP) is 1.52. The van der Waals surface area contributed by atoms with Crippen LogP contribution in [0.2, 0.25) is 0 Å². The normalized spacial score (nSPS) is 10.8. The van der Waals surface area contributed by atoms with Crippen LogP contribution in [0, 0.1) is 0 Å². The first kappa shape index (κ1) is 12.7. The van der Waals surface area contributed by atoms with Gasteiger partial charge in [-0.25, -0.2) is 4.68 Å². The zero-order chi connectivity index (χ0) is 12.8. The number of aromatic nitrogens is 3. The van der Waals surface area contributed by atoms with Gasteiger partial charge in [-0.3, -0.25) is 0 Å². The molecule has 1 aromatic heterocycles. The molecule has 0 spiro atoms. The van der Waals surface area contributed by atoms with Gasteiger partial charge >= 0.3 is 0 Å². The first-order valence-corrected chi connectivity index (χ1v) is 6.03. The number of hydrogen-bond acceptors (Lipinski definition) is 4. The molecule has 2 aromatic rings. The Hall–Kier alpha value is -1.72. The Kier molecular flexibility index (Phi) is 4.44. The summed E-state index contributed by atoms with van der Waals surface area (Å²) in [6, 6.07) is 8.12. The van der Waals surface area contributed by atoms with Crippen LogP contribution in [-0.4, -0.2) is 28.6 Å². The van der Waals surface area contributed by atoms with E-state index in [0.29, 0.717) is 6.61 Å². The van der Waals surface area contributed by atoms with Gasteiger partial charge in [-0.2, -0.15) is 0 Å². The Balaban J connectivity index is 2.24. The summed E-state index contributed by atoms with van der Waals surface area (Å²) in [6.45, 7) is 4.37. The minimum Gasteiger partial charge on any atom is -0.380 e. The fourth-order valence-electron chi connectivity index (χ4n) is 1.79. The van der Waals surface area contributed by atoms with E-state index in [4.69, 9.17) is 4.74 Å². The zero-order valence-electron chi connectivity index (χ0n) is 10.8. The molecule has 0 saturated carbocycles. The molecule has 0 bridgehead atoms. The molecule has 0 amide bonds. The van der Waals surface area contributed by atoms with Crippen LogP contribution in [0.5, 0.6) is 0 Å². The maximum absolute atomic E-state index is 5.14. The van der Waals surface area contributed by atoms with Crippen LogP contribution in [-0.2, 0) is 17.9 Å². The van der Waals surface area contributed by atoms with Crippen LogP contribution in [0.1, 0.15) is 18.2 Å². The van der Waals surface area contributed by atoms with E-state index in [0.717, 1.165) is 30.0 Å². The Morgan fingerprint density at radius 2 is 2.28 bits per heavy atom. The predicted molar refractivity (Wildman–Crippen MR) is 69.5 cm³/mol. The van der Waals surface area contributed by atoms with Gasteiger partial charge in [-0.05, 0) is 24.2 Å². The maximum atomic E-state index is 5.14. The Morgan fingerprint density at radius 3 is 3.06 bits per heavy atom. The van der Waals surface area contributed by atoms with Crippen molar-refractivity contribution in [2.75, 3.05) is 13.7 Å². The van der Waals surface area contributed by atoms with Crippen LogP contribution in [0.15, 0.2) is 30.5 Å². The van der Waals surface area contributed by atoms with Crippen molar-refractivity contribution >= 4 is 0 Å². The summed E-state index contributed by atoms with van der Waals surface area (Å²) >= 11 is 0. The molecule has 1 heterocycles. The van der Waals surface area contributed by atoms with Gasteiger partial charge in [0.15, 0.2) is 0 Å². The molecule has 5 heteroatoms. The molecule has 2 rings (SSSR count). The lowest BCUT2D eigenvalue weighted by Gasteiger charge is -2.08. The lowest BCUT2D eigenvalue weighted by Crippen LogP contribution is -2.15. The highest BCUT2D eigenvalue weighted by atomic mass is 16.5. The van der Waals surface area contributed by atoms with E-state index >= 15 is 0 Å². The molecule has 0 saturated heterocycles. The van der Waals surface area contributed by atoms with Crippen molar-refractivity contribution in [3.05, 3.63) is 41.7 Å². The summed E-state index contributed by atoms with van der Waals surface area (Å²) in [5.41, 5.74) is 3.18. The second-order valence-corrected chi connectivity index (χ2v) is 4.02. The van der Waals surface area contributed by atoms with Crippen LogP contribution < -0.4 is 5.32 Å². The number of nitrogens with zero attached hydrogens (tertiary/aromatic N) is 3. The van der Waals surface area contributed by atoms with Gasteiger partial charge in [0.05, 0.1) is 24.2 Å². The van der Waals surface area contributed by atoms with Crippen molar-refractivity contribution in [3.8, 4) is 5.69 Å². The second kappa shape index (κ2) is 6.28. The van der Waals surface area contributed by atoms with E-state index in [9.17, 15) is 0 Å². The minimum absolute atomic E-state index is 0.602. The number of methoxy groups -OCH3 is 1. The van der Waals surface area contributed by atoms with Crippen LogP contribution in [0.25, 0.3) is 5.69 Å². The molecular weight excluding hydrogens is 228 g/mol. The average Bonchev–Trinajstić information content (AvgIpc) is 2.85. The SMILES string of the molecule is CCNCc1cnnn1-c1cccc(COC)c1. The number of rotatable bonds is 6. The third-order valence-corrected chi connectivity index (χ3v) is 2.64. The zero-order valence-corrected chi connectivity index (χ0v) is 10.8. The van der Waals surface area contributed by atoms with Crippen LogP contribution >= 0.6 is 0 Å². The first-order valence-electron chi connectivity index (χ1n) is 6.03. The standard InChI is InChI=1S/C13H18N4O/c1-3-14-8-13-9-15-16-17(13)12-6-4-5-11(7-12)10-18-2/h4-7,9,14H,3,8,10H2,1-2H3. The van der Waals surface area contributed by atoms with Crippen LogP contribution in [0.4, 0.5) is 0 Å². The highest BCUT2D eigenvalue weighted by molar-refractivity contribution is 5.35. The summed E-state index contributed by atoms with van der Waals surface area (Å²) < 4.78 is 6.99.